The SMILES string of the molecule is COc1ccc(CNCCC2CCOC(C)(C)C2)cc1.[Cl-]. The molecule has 0 radical (unpaired) electrons. The van der Waals surface area contributed by atoms with E-state index in [1.165, 1.54) is 24.8 Å². The van der Waals surface area contributed by atoms with Crippen LogP contribution in [-0.4, -0.2) is 25.9 Å². The summed E-state index contributed by atoms with van der Waals surface area (Å²) >= 11 is 0. The maximum atomic E-state index is 5.76. The molecule has 3 nitrogen and oxygen atoms in total. The molecule has 1 saturated heterocycles. The predicted octanol–water partition coefficient (Wildman–Crippen LogP) is 0.384. The molecular formula is C17H27ClNO2-. The van der Waals surface area contributed by atoms with Gasteiger partial charge >= 0.3 is 0 Å². The number of hydrogen-bond acceptors (Lipinski definition) is 3. The van der Waals surface area contributed by atoms with Crippen LogP contribution < -0.4 is 22.5 Å². The highest BCUT2D eigenvalue weighted by molar-refractivity contribution is 5.26. The van der Waals surface area contributed by atoms with E-state index in [1.54, 1.807) is 7.11 Å². The van der Waals surface area contributed by atoms with Crippen LogP contribution in [0.2, 0.25) is 0 Å². The van der Waals surface area contributed by atoms with Crippen LogP contribution in [0, 0.1) is 5.92 Å². The highest BCUT2D eigenvalue weighted by Gasteiger charge is 2.28. The van der Waals surface area contributed by atoms with E-state index >= 15 is 0 Å². The number of benzene rings is 1. The van der Waals surface area contributed by atoms with Crippen molar-refractivity contribution in [1.82, 2.24) is 5.32 Å². The second-order valence-electron chi connectivity index (χ2n) is 6.28. The zero-order chi connectivity index (χ0) is 14.4. The monoisotopic (exact) mass is 312 g/mol. The van der Waals surface area contributed by atoms with Crippen molar-refractivity contribution in [2.45, 2.75) is 45.3 Å². The van der Waals surface area contributed by atoms with Crippen LogP contribution in [0.1, 0.15) is 38.7 Å². The molecule has 21 heavy (non-hydrogen) atoms. The van der Waals surface area contributed by atoms with E-state index in [2.05, 4.69) is 31.3 Å². The van der Waals surface area contributed by atoms with Crippen molar-refractivity contribution in [2.24, 2.45) is 5.92 Å². The average Bonchev–Trinajstić information content (AvgIpc) is 2.43. The molecule has 1 unspecified atom stereocenters. The van der Waals surface area contributed by atoms with Gasteiger partial charge in [-0.25, -0.2) is 0 Å². The molecule has 0 bridgehead atoms. The molecule has 0 amide bonds. The van der Waals surface area contributed by atoms with Gasteiger partial charge in [-0.1, -0.05) is 12.1 Å². The Kier molecular flexibility index (Phi) is 7.50. The minimum atomic E-state index is 0. The lowest BCUT2D eigenvalue weighted by Gasteiger charge is -2.35. The Morgan fingerprint density at radius 1 is 1.29 bits per heavy atom. The summed E-state index contributed by atoms with van der Waals surface area (Å²) in [5.74, 6) is 1.71. The lowest BCUT2D eigenvalue weighted by atomic mass is 9.86. The van der Waals surface area contributed by atoms with Gasteiger partial charge in [0.25, 0.3) is 0 Å². The zero-order valence-corrected chi connectivity index (χ0v) is 14.1. The van der Waals surface area contributed by atoms with E-state index in [1.807, 2.05) is 12.1 Å². The van der Waals surface area contributed by atoms with Crippen molar-refractivity contribution in [1.29, 1.82) is 0 Å². The molecule has 1 fully saturated rings. The fourth-order valence-corrected chi connectivity index (χ4v) is 2.89. The molecule has 1 N–H and O–H groups in total. The Balaban J connectivity index is 0.00000220. The molecule has 1 aliphatic heterocycles. The highest BCUT2D eigenvalue weighted by Crippen LogP contribution is 2.30. The van der Waals surface area contributed by atoms with Gasteiger partial charge in [-0.3, -0.25) is 0 Å². The normalized spacial score (nSPS) is 20.6. The molecule has 1 atom stereocenters. The van der Waals surface area contributed by atoms with Gasteiger partial charge in [0.2, 0.25) is 0 Å². The van der Waals surface area contributed by atoms with E-state index < -0.39 is 0 Å². The summed E-state index contributed by atoms with van der Waals surface area (Å²) < 4.78 is 10.9. The lowest BCUT2D eigenvalue weighted by Crippen LogP contribution is -3.00. The molecule has 0 spiro atoms. The van der Waals surface area contributed by atoms with Gasteiger partial charge in [-0.2, -0.15) is 0 Å². The minimum Gasteiger partial charge on any atom is -1.00 e. The van der Waals surface area contributed by atoms with E-state index in [9.17, 15) is 0 Å². The summed E-state index contributed by atoms with van der Waals surface area (Å²) in [4.78, 5) is 0. The molecule has 4 heteroatoms. The van der Waals surface area contributed by atoms with Gasteiger partial charge in [0.05, 0.1) is 12.7 Å². The number of nitrogens with one attached hydrogen (secondary N) is 1. The van der Waals surface area contributed by atoms with Crippen LogP contribution in [0.5, 0.6) is 5.75 Å². The molecule has 0 aliphatic carbocycles. The standard InChI is InChI=1S/C17H27NO2.ClH/c1-17(2)12-14(9-11-20-17)8-10-18-13-15-4-6-16(19-3)7-5-15;/h4-7,14,18H,8-13H2,1-3H3;1H/p-1. The van der Waals surface area contributed by atoms with E-state index in [4.69, 9.17) is 9.47 Å². The number of ether oxygens (including phenoxy) is 2. The van der Waals surface area contributed by atoms with Crippen molar-refractivity contribution in [3.63, 3.8) is 0 Å². The molecule has 1 heterocycles. The summed E-state index contributed by atoms with van der Waals surface area (Å²) in [6, 6.07) is 8.25. The van der Waals surface area contributed by atoms with E-state index in [0.717, 1.165) is 31.4 Å². The first-order chi connectivity index (χ1) is 9.59. The zero-order valence-electron chi connectivity index (χ0n) is 13.3. The Morgan fingerprint density at radius 2 is 2.00 bits per heavy atom. The maximum Gasteiger partial charge on any atom is 0.118 e. The van der Waals surface area contributed by atoms with Crippen LogP contribution in [-0.2, 0) is 11.3 Å². The van der Waals surface area contributed by atoms with Gasteiger partial charge in [0.1, 0.15) is 5.75 Å². The Labute approximate surface area is 134 Å². The van der Waals surface area contributed by atoms with Crippen LogP contribution in [0.4, 0.5) is 0 Å². The number of hydrogen-bond donors (Lipinski definition) is 1. The summed E-state index contributed by atoms with van der Waals surface area (Å²) in [5.41, 5.74) is 1.37. The molecular weight excluding hydrogens is 286 g/mol. The molecule has 0 aromatic heterocycles. The topological polar surface area (TPSA) is 30.5 Å². The quantitative estimate of drug-likeness (QED) is 0.771. The lowest BCUT2D eigenvalue weighted by molar-refractivity contribution is -0.0733. The summed E-state index contributed by atoms with van der Waals surface area (Å²) in [6.45, 7) is 7.31. The smallest absolute Gasteiger partial charge is 0.118 e. The fourth-order valence-electron chi connectivity index (χ4n) is 2.89. The Bertz CT molecular complexity index is 406. The summed E-state index contributed by atoms with van der Waals surface area (Å²) in [7, 11) is 1.70. The predicted molar refractivity (Wildman–Crippen MR) is 82.1 cm³/mol. The molecule has 1 aromatic rings. The van der Waals surface area contributed by atoms with Crippen LogP contribution in [0.15, 0.2) is 24.3 Å². The van der Waals surface area contributed by atoms with Crippen molar-refractivity contribution in [2.75, 3.05) is 20.3 Å². The molecule has 1 aromatic carbocycles. The molecule has 120 valence electrons. The van der Waals surface area contributed by atoms with Crippen molar-refractivity contribution in [3.05, 3.63) is 29.8 Å². The highest BCUT2D eigenvalue weighted by atomic mass is 35.5. The van der Waals surface area contributed by atoms with Gasteiger partial charge in [-0.05, 0) is 63.3 Å². The Hall–Kier alpha value is -0.770. The number of methoxy groups -OCH3 is 1. The molecule has 2 rings (SSSR count). The maximum absolute atomic E-state index is 5.76. The van der Waals surface area contributed by atoms with Crippen molar-refractivity contribution >= 4 is 0 Å². The first-order valence-electron chi connectivity index (χ1n) is 7.57. The van der Waals surface area contributed by atoms with Gasteiger partial charge in [-0.15, -0.1) is 0 Å². The third-order valence-electron chi connectivity index (χ3n) is 4.02. The third kappa shape index (κ3) is 6.25. The van der Waals surface area contributed by atoms with Crippen LogP contribution in [0.25, 0.3) is 0 Å². The molecule has 0 saturated carbocycles. The fraction of sp³-hybridized carbons (Fsp3) is 0.647. The van der Waals surface area contributed by atoms with Crippen molar-refractivity contribution in [3.8, 4) is 5.75 Å². The Morgan fingerprint density at radius 3 is 2.62 bits per heavy atom. The second-order valence-corrected chi connectivity index (χ2v) is 6.28. The first-order valence-corrected chi connectivity index (χ1v) is 7.57. The van der Waals surface area contributed by atoms with Gasteiger partial charge in [0.15, 0.2) is 0 Å². The third-order valence-corrected chi connectivity index (χ3v) is 4.02. The summed E-state index contributed by atoms with van der Waals surface area (Å²) in [5, 5.41) is 3.53. The minimum absolute atomic E-state index is 0. The first kappa shape index (κ1) is 18.3. The largest absolute Gasteiger partial charge is 1.00 e. The summed E-state index contributed by atoms with van der Waals surface area (Å²) in [6.07, 6.45) is 3.62. The van der Waals surface area contributed by atoms with Crippen LogP contribution >= 0.6 is 0 Å². The molecule has 1 aliphatic rings. The van der Waals surface area contributed by atoms with E-state index in [0.29, 0.717) is 0 Å². The second kappa shape index (κ2) is 8.62. The van der Waals surface area contributed by atoms with Gasteiger partial charge in [0, 0.05) is 13.2 Å². The average molecular weight is 313 g/mol. The van der Waals surface area contributed by atoms with Crippen LogP contribution in [0.3, 0.4) is 0 Å². The van der Waals surface area contributed by atoms with E-state index in [-0.39, 0.29) is 18.0 Å². The number of rotatable bonds is 6. The van der Waals surface area contributed by atoms with Crippen molar-refractivity contribution < 1.29 is 21.9 Å². The number of halogens is 1. The van der Waals surface area contributed by atoms with Gasteiger partial charge < -0.3 is 27.2 Å².